The molecule has 0 aliphatic carbocycles. The summed E-state index contributed by atoms with van der Waals surface area (Å²) in [5.74, 6) is -0.820. The van der Waals surface area contributed by atoms with Crippen molar-refractivity contribution in [3.8, 4) is 11.1 Å². The molecule has 1 atom stereocenters. The smallest absolute Gasteiger partial charge is 0.317 e. The summed E-state index contributed by atoms with van der Waals surface area (Å²) < 4.78 is 0. The summed E-state index contributed by atoms with van der Waals surface area (Å²) in [4.78, 5) is 33.0. The fraction of sp³-hybridized carbons (Fsp3) is 0.294. The van der Waals surface area contributed by atoms with Crippen molar-refractivity contribution < 1.29 is 14.7 Å². The van der Waals surface area contributed by atoms with E-state index < -0.39 is 11.9 Å². The van der Waals surface area contributed by atoms with Crippen LogP contribution in [0.25, 0.3) is 11.1 Å². The van der Waals surface area contributed by atoms with E-state index in [2.05, 4.69) is 15.3 Å². The van der Waals surface area contributed by atoms with E-state index in [0.717, 1.165) is 11.1 Å². The molecular formula is C17H18N4O3. The molecule has 1 aromatic carbocycles. The molecule has 1 aliphatic rings. The number of carboxylic acids is 1. The van der Waals surface area contributed by atoms with E-state index in [4.69, 9.17) is 5.11 Å². The zero-order valence-electron chi connectivity index (χ0n) is 13.1. The van der Waals surface area contributed by atoms with E-state index in [1.165, 1.54) is 4.90 Å². The number of carboxylic acid groups (broad SMARTS) is 1. The Labute approximate surface area is 139 Å². The van der Waals surface area contributed by atoms with Crippen molar-refractivity contribution in [1.82, 2.24) is 20.2 Å². The first-order valence-electron chi connectivity index (χ1n) is 7.75. The van der Waals surface area contributed by atoms with Crippen LogP contribution in [0.4, 0.5) is 4.79 Å². The second kappa shape index (κ2) is 7.08. The van der Waals surface area contributed by atoms with Gasteiger partial charge in [-0.3, -0.25) is 4.79 Å². The highest BCUT2D eigenvalue weighted by Gasteiger charge is 2.30. The Kier molecular flexibility index (Phi) is 4.69. The maximum Gasteiger partial charge on any atom is 0.317 e. The number of aliphatic carboxylic acids is 1. The molecule has 3 rings (SSSR count). The van der Waals surface area contributed by atoms with Gasteiger partial charge in [-0.2, -0.15) is 0 Å². The van der Waals surface area contributed by atoms with Crippen LogP contribution in [0.15, 0.2) is 42.7 Å². The number of rotatable bonds is 4. The Balaban J connectivity index is 1.54. The number of amides is 2. The minimum atomic E-state index is -0.856. The number of nitrogens with zero attached hydrogens (tertiary/aromatic N) is 3. The lowest BCUT2D eigenvalue weighted by Crippen LogP contribution is -2.38. The van der Waals surface area contributed by atoms with Crippen LogP contribution < -0.4 is 5.32 Å². The fourth-order valence-electron chi connectivity index (χ4n) is 2.64. The summed E-state index contributed by atoms with van der Waals surface area (Å²) in [6.45, 7) is 0.910. The van der Waals surface area contributed by atoms with Gasteiger partial charge in [-0.1, -0.05) is 30.3 Å². The molecule has 0 saturated carbocycles. The summed E-state index contributed by atoms with van der Waals surface area (Å²) in [5.41, 5.74) is 1.94. The minimum Gasteiger partial charge on any atom is -0.481 e. The van der Waals surface area contributed by atoms with Crippen LogP contribution in [0, 0.1) is 5.92 Å². The molecule has 2 amide bonds. The van der Waals surface area contributed by atoms with Gasteiger partial charge in [0, 0.05) is 31.0 Å². The lowest BCUT2D eigenvalue weighted by atomic mass is 10.1. The summed E-state index contributed by atoms with van der Waals surface area (Å²) in [7, 11) is 0. The topological polar surface area (TPSA) is 95.4 Å². The largest absolute Gasteiger partial charge is 0.481 e. The third-order valence-electron chi connectivity index (χ3n) is 4.03. The molecule has 24 heavy (non-hydrogen) atoms. The number of hydrogen-bond donors (Lipinski definition) is 2. The van der Waals surface area contributed by atoms with Crippen LogP contribution in [0.2, 0.25) is 0 Å². The van der Waals surface area contributed by atoms with Crippen LogP contribution in [0.3, 0.4) is 0 Å². The monoisotopic (exact) mass is 326 g/mol. The second-order valence-electron chi connectivity index (χ2n) is 5.68. The molecule has 2 heterocycles. The summed E-state index contributed by atoms with van der Waals surface area (Å²) in [5, 5.41) is 11.7. The maximum atomic E-state index is 12.0. The predicted octanol–water partition coefficient (Wildman–Crippen LogP) is 1.76. The van der Waals surface area contributed by atoms with Crippen LogP contribution >= 0.6 is 0 Å². The van der Waals surface area contributed by atoms with Crippen molar-refractivity contribution in [3.63, 3.8) is 0 Å². The van der Waals surface area contributed by atoms with Crippen molar-refractivity contribution in [2.75, 3.05) is 13.1 Å². The van der Waals surface area contributed by atoms with Crippen LogP contribution in [0.1, 0.15) is 12.2 Å². The molecule has 124 valence electrons. The van der Waals surface area contributed by atoms with E-state index in [-0.39, 0.29) is 19.1 Å². The molecule has 2 aromatic rings. The standard InChI is InChI=1S/C17H18N4O3/c22-16(23)13-6-7-21(11-13)17(24)20-10-15-18-8-14(9-19-15)12-4-2-1-3-5-12/h1-5,8-9,13H,6-7,10-11H2,(H,20,24)(H,22,23). The highest BCUT2D eigenvalue weighted by Crippen LogP contribution is 2.17. The van der Waals surface area contributed by atoms with E-state index in [9.17, 15) is 9.59 Å². The van der Waals surface area contributed by atoms with Gasteiger partial charge in [-0.05, 0) is 12.0 Å². The zero-order chi connectivity index (χ0) is 16.9. The van der Waals surface area contributed by atoms with Gasteiger partial charge in [-0.25, -0.2) is 14.8 Å². The van der Waals surface area contributed by atoms with E-state index in [1.807, 2.05) is 30.3 Å². The molecule has 7 nitrogen and oxygen atoms in total. The average molecular weight is 326 g/mol. The van der Waals surface area contributed by atoms with E-state index >= 15 is 0 Å². The van der Waals surface area contributed by atoms with Crippen molar-refractivity contribution in [1.29, 1.82) is 0 Å². The van der Waals surface area contributed by atoms with Crippen molar-refractivity contribution in [2.24, 2.45) is 5.92 Å². The van der Waals surface area contributed by atoms with Gasteiger partial charge in [0.25, 0.3) is 0 Å². The number of nitrogens with one attached hydrogen (secondary N) is 1. The van der Waals surface area contributed by atoms with Crippen molar-refractivity contribution >= 4 is 12.0 Å². The summed E-state index contributed by atoms with van der Waals surface area (Å²) in [6, 6.07) is 9.52. The van der Waals surface area contributed by atoms with Crippen LogP contribution in [-0.2, 0) is 11.3 Å². The molecule has 1 fully saturated rings. The minimum absolute atomic E-state index is 0.210. The van der Waals surface area contributed by atoms with Crippen LogP contribution in [-0.4, -0.2) is 45.1 Å². The highest BCUT2D eigenvalue weighted by atomic mass is 16.4. The molecule has 1 aromatic heterocycles. The van der Waals surface area contributed by atoms with Gasteiger partial charge in [0.05, 0.1) is 12.5 Å². The average Bonchev–Trinajstić information content (AvgIpc) is 3.11. The first-order chi connectivity index (χ1) is 11.6. The van der Waals surface area contributed by atoms with Gasteiger partial charge in [-0.15, -0.1) is 0 Å². The normalized spacial score (nSPS) is 16.8. The summed E-state index contributed by atoms with van der Waals surface area (Å²) in [6.07, 6.45) is 3.94. The molecule has 1 saturated heterocycles. The van der Waals surface area contributed by atoms with Gasteiger partial charge >= 0.3 is 12.0 Å². The van der Waals surface area contributed by atoms with Gasteiger partial charge in [0.1, 0.15) is 5.82 Å². The van der Waals surface area contributed by atoms with Crippen LogP contribution in [0.5, 0.6) is 0 Å². The molecule has 0 spiro atoms. The molecule has 7 heteroatoms. The third kappa shape index (κ3) is 3.68. The summed E-state index contributed by atoms with van der Waals surface area (Å²) >= 11 is 0. The Bertz CT molecular complexity index is 718. The lowest BCUT2D eigenvalue weighted by molar-refractivity contribution is -0.141. The van der Waals surface area contributed by atoms with Gasteiger partial charge in [0.2, 0.25) is 0 Å². The molecule has 0 bridgehead atoms. The first-order valence-corrected chi connectivity index (χ1v) is 7.75. The highest BCUT2D eigenvalue weighted by molar-refractivity contribution is 5.77. The van der Waals surface area contributed by atoms with Crippen molar-refractivity contribution in [2.45, 2.75) is 13.0 Å². The zero-order valence-corrected chi connectivity index (χ0v) is 13.1. The number of aromatic nitrogens is 2. The Morgan fingerprint density at radius 1 is 1.17 bits per heavy atom. The number of carbonyl (C=O) groups excluding carboxylic acids is 1. The predicted molar refractivity (Wildman–Crippen MR) is 87.0 cm³/mol. The molecule has 2 N–H and O–H groups in total. The lowest BCUT2D eigenvalue weighted by Gasteiger charge is -2.16. The molecule has 1 unspecified atom stereocenters. The SMILES string of the molecule is O=C(O)C1CCN(C(=O)NCc2ncc(-c3ccccc3)cn2)C1. The Morgan fingerprint density at radius 3 is 2.50 bits per heavy atom. The molecular weight excluding hydrogens is 308 g/mol. The maximum absolute atomic E-state index is 12.0. The quantitative estimate of drug-likeness (QED) is 0.892. The number of hydrogen-bond acceptors (Lipinski definition) is 4. The number of likely N-dealkylation sites (tertiary alicyclic amines) is 1. The number of carbonyl (C=O) groups is 2. The number of benzene rings is 1. The first kappa shape index (κ1) is 15.9. The molecule has 1 aliphatic heterocycles. The van der Waals surface area contributed by atoms with Crippen molar-refractivity contribution in [3.05, 3.63) is 48.5 Å². The van der Waals surface area contributed by atoms with Gasteiger partial charge in [0.15, 0.2) is 0 Å². The Hall–Kier alpha value is -2.96. The van der Waals surface area contributed by atoms with E-state index in [0.29, 0.717) is 18.8 Å². The molecule has 0 radical (unpaired) electrons. The third-order valence-corrected chi connectivity index (χ3v) is 4.03. The van der Waals surface area contributed by atoms with E-state index in [1.54, 1.807) is 12.4 Å². The fourth-order valence-corrected chi connectivity index (χ4v) is 2.64. The van der Waals surface area contributed by atoms with Gasteiger partial charge < -0.3 is 15.3 Å². The number of urea groups is 1. The second-order valence-corrected chi connectivity index (χ2v) is 5.68. The Morgan fingerprint density at radius 2 is 1.88 bits per heavy atom.